The Morgan fingerprint density at radius 3 is 1.40 bits per heavy atom. The fourth-order valence-corrected chi connectivity index (χ4v) is 1.67. The van der Waals surface area contributed by atoms with Crippen LogP contribution in [-0.4, -0.2) is 26.3 Å². The van der Waals surface area contributed by atoms with Crippen LogP contribution in [0.5, 0.6) is 11.5 Å². The van der Waals surface area contributed by atoms with Crippen LogP contribution in [0.3, 0.4) is 0 Å². The summed E-state index contributed by atoms with van der Waals surface area (Å²) in [4.78, 5) is 21.5. The van der Waals surface area contributed by atoms with Crippen molar-refractivity contribution in [2.24, 2.45) is 0 Å². The molecule has 0 atom stereocenters. The summed E-state index contributed by atoms with van der Waals surface area (Å²) in [6.45, 7) is 3.88. The van der Waals surface area contributed by atoms with Crippen LogP contribution >= 0.6 is 13.5 Å². The molecule has 0 radical (unpaired) electrons. The molecule has 7 heteroatoms. The number of hydrogen-bond donors (Lipinski definition) is 2. The molecule has 0 saturated heterocycles. The average molecular weight is 364 g/mol. The van der Waals surface area contributed by atoms with Crippen molar-refractivity contribution in [3.8, 4) is 11.5 Å². The van der Waals surface area contributed by atoms with E-state index in [4.69, 9.17) is 9.47 Å². The molecule has 2 N–H and O–H groups in total. The molecular formula is C18H24N2O4S. The number of benzene rings is 2. The van der Waals surface area contributed by atoms with E-state index >= 15 is 0 Å². The number of carbonyl (C=O) groups excluding carboxylic acids is 2. The molecule has 0 aliphatic heterocycles. The van der Waals surface area contributed by atoms with Gasteiger partial charge in [0.25, 0.3) is 0 Å². The Kier molecular flexibility index (Phi) is 10.5. The molecular weight excluding hydrogens is 340 g/mol. The Balaban J connectivity index is 0.000000443. The number of nitrogens with one attached hydrogen (secondary N) is 2. The highest BCUT2D eigenvalue weighted by Gasteiger charge is 2.00. The zero-order valence-electron chi connectivity index (χ0n) is 14.8. The first-order valence-corrected chi connectivity index (χ1v) is 7.37. The van der Waals surface area contributed by atoms with Crippen LogP contribution in [-0.2, 0) is 0 Å². The number of ether oxygens (including phenoxy) is 2. The summed E-state index contributed by atoms with van der Waals surface area (Å²) in [5.74, 6) is 1.13. The van der Waals surface area contributed by atoms with Gasteiger partial charge in [-0.25, -0.2) is 9.59 Å². The molecule has 0 aliphatic rings. The number of amides is 2. The predicted octanol–water partition coefficient (Wildman–Crippen LogP) is 3.54. The van der Waals surface area contributed by atoms with Crippen molar-refractivity contribution in [2.75, 3.05) is 14.1 Å². The van der Waals surface area contributed by atoms with Crippen LogP contribution < -0.4 is 20.1 Å². The number of hydrogen-bond acceptors (Lipinski definition) is 4. The highest BCUT2D eigenvalue weighted by molar-refractivity contribution is 7.59. The summed E-state index contributed by atoms with van der Waals surface area (Å²) >= 11 is 0. The number of carbonyl (C=O) groups is 2. The Labute approximate surface area is 155 Å². The first-order valence-electron chi connectivity index (χ1n) is 7.37. The lowest BCUT2D eigenvalue weighted by Gasteiger charge is -2.02. The Morgan fingerprint density at radius 1 is 0.760 bits per heavy atom. The van der Waals surface area contributed by atoms with Gasteiger partial charge in [-0.3, -0.25) is 0 Å². The van der Waals surface area contributed by atoms with Crippen molar-refractivity contribution in [3.63, 3.8) is 0 Å². The van der Waals surface area contributed by atoms with Crippen LogP contribution in [0.15, 0.2) is 48.5 Å². The summed E-state index contributed by atoms with van der Waals surface area (Å²) in [6, 6.07) is 14.6. The lowest BCUT2D eigenvalue weighted by atomic mass is 10.2. The molecule has 0 aromatic heterocycles. The van der Waals surface area contributed by atoms with Gasteiger partial charge < -0.3 is 20.1 Å². The molecule has 0 heterocycles. The van der Waals surface area contributed by atoms with Gasteiger partial charge in [-0.05, 0) is 49.2 Å². The molecule has 2 amide bonds. The van der Waals surface area contributed by atoms with Gasteiger partial charge in [-0.1, -0.05) is 24.3 Å². The molecule has 0 spiro atoms. The van der Waals surface area contributed by atoms with E-state index in [0.29, 0.717) is 11.5 Å². The number of rotatable bonds is 2. The largest absolute Gasteiger partial charge is 0.412 e. The lowest BCUT2D eigenvalue weighted by molar-refractivity contribution is 0.202. The van der Waals surface area contributed by atoms with Gasteiger partial charge in [0.15, 0.2) is 0 Å². The van der Waals surface area contributed by atoms with Crippen LogP contribution in [0.25, 0.3) is 0 Å². The highest BCUT2D eigenvalue weighted by Crippen LogP contribution is 2.12. The highest BCUT2D eigenvalue weighted by atomic mass is 32.1. The van der Waals surface area contributed by atoms with Gasteiger partial charge >= 0.3 is 12.2 Å². The van der Waals surface area contributed by atoms with Gasteiger partial charge in [0.05, 0.1) is 0 Å². The quantitative estimate of drug-likeness (QED) is 0.854. The normalized spacial score (nSPS) is 8.80. The third-order valence-electron chi connectivity index (χ3n) is 2.81. The van der Waals surface area contributed by atoms with E-state index in [1.165, 1.54) is 14.1 Å². The van der Waals surface area contributed by atoms with Crippen molar-refractivity contribution in [1.82, 2.24) is 10.6 Å². The first-order chi connectivity index (χ1) is 11.4. The van der Waals surface area contributed by atoms with Crippen molar-refractivity contribution in [1.29, 1.82) is 0 Å². The minimum atomic E-state index is -0.444. The minimum Gasteiger partial charge on any atom is -0.410 e. The smallest absolute Gasteiger partial charge is 0.410 e. The summed E-state index contributed by atoms with van der Waals surface area (Å²) in [5.41, 5.74) is 2.13. The molecule has 0 bridgehead atoms. The van der Waals surface area contributed by atoms with E-state index in [1.54, 1.807) is 24.3 Å². The molecule has 0 aliphatic carbocycles. The monoisotopic (exact) mass is 364 g/mol. The Morgan fingerprint density at radius 2 is 1.12 bits per heavy atom. The van der Waals surface area contributed by atoms with E-state index < -0.39 is 12.2 Å². The molecule has 2 aromatic carbocycles. The third kappa shape index (κ3) is 9.26. The zero-order chi connectivity index (χ0) is 17.9. The zero-order valence-corrected chi connectivity index (χ0v) is 15.8. The predicted molar refractivity (Wildman–Crippen MR) is 103 cm³/mol. The average Bonchev–Trinajstić information content (AvgIpc) is 2.55. The second-order valence-electron chi connectivity index (χ2n) is 4.91. The Hall–Kier alpha value is -2.67. The second kappa shape index (κ2) is 11.8. The van der Waals surface area contributed by atoms with Gasteiger partial charge in [-0.15, -0.1) is 0 Å². The van der Waals surface area contributed by atoms with Gasteiger partial charge in [0.2, 0.25) is 0 Å². The number of aryl methyl sites for hydroxylation is 2. The van der Waals surface area contributed by atoms with Crippen LogP contribution in [0, 0.1) is 13.8 Å². The van der Waals surface area contributed by atoms with Gasteiger partial charge in [0.1, 0.15) is 11.5 Å². The molecule has 0 unspecified atom stereocenters. The standard InChI is InChI=1S/2C9H11NO2.H2S/c2*1-7-4-3-5-8(6-7)12-9(11)10-2;/h2*3-6H,1-2H3,(H,10,11);1H2. The fraction of sp³-hybridized carbons (Fsp3) is 0.222. The molecule has 2 aromatic rings. The van der Waals surface area contributed by atoms with Crippen molar-refractivity contribution < 1.29 is 19.1 Å². The molecule has 6 nitrogen and oxygen atoms in total. The van der Waals surface area contributed by atoms with E-state index in [0.717, 1.165) is 11.1 Å². The van der Waals surface area contributed by atoms with Crippen LogP contribution in [0.2, 0.25) is 0 Å². The van der Waals surface area contributed by atoms with Crippen LogP contribution in [0.1, 0.15) is 11.1 Å². The van der Waals surface area contributed by atoms with Crippen molar-refractivity contribution in [3.05, 3.63) is 59.7 Å². The minimum absolute atomic E-state index is 0. The maximum absolute atomic E-state index is 10.8. The van der Waals surface area contributed by atoms with E-state index in [1.807, 2.05) is 38.1 Å². The fourth-order valence-electron chi connectivity index (χ4n) is 1.67. The maximum Gasteiger partial charge on any atom is 0.412 e. The van der Waals surface area contributed by atoms with Gasteiger partial charge in [-0.2, -0.15) is 13.5 Å². The molecule has 0 saturated carbocycles. The topological polar surface area (TPSA) is 76.7 Å². The van der Waals surface area contributed by atoms with Crippen molar-refractivity contribution >= 4 is 25.7 Å². The van der Waals surface area contributed by atoms with E-state index in [2.05, 4.69) is 10.6 Å². The summed E-state index contributed by atoms with van der Waals surface area (Å²) in [7, 11) is 3.05. The lowest BCUT2D eigenvalue weighted by Crippen LogP contribution is -2.21. The van der Waals surface area contributed by atoms with Crippen molar-refractivity contribution in [2.45, 2.75) is 13.8 Å². The molecule has 2 rings (SSSR count). The second-order valence-corrected chi connectivity index (χ2v) is 4.91. The molecule has 25 heavy (non-hydrogen) atoms. The molecule has 136 valence electrons. The third-order valence-corrected chi connectivity index (χ3v) is 2.81. The van der Waals surface area contributed by atoms with E-state index in [9.17, 15) is 9.59 Å². The van der Waals surface area contributed by atoms with Gasteiger partial charge in [0, 0.05) is 14.1 Å². The summed E-state index contributed by atoms with van der Waals surface area (Å²) in [6.07, 6.45) is -0.888. The van der Waals surface area contributed by atoms with E-state index in [-0.39, 0.29) is 13.5 Å². The van der Waals surface area contributed by atoms with Crippen LogP contribution in [0.4, 0.5) is 9.59 Å². The summed E-state index contributed by atoms with van der Waals surface area (Å²) in [5, 5.41) is 4.74. The maximum atomic E-state index is 10.8. The Bertz CT molecular complexity index is 633. The first kappa shape index (κ1) is 22.3. The summed E-state index contributed by atoms with van der Waals surface area (Å²) < 4.78 is 9.79. The SMILES string of the molecule is CNC(=O)Oc1cccc(C)c1.CNC(=O)Oc1cccc(C)c1.S. The molecule has 0 fully saturated rings.